The number of benzene rings is 3. The Kier molecular flexibility index (Phi) is 5.99. The van der Waals surface area contributed by atoms with Crippen LogP contribution in [0.4, 0.5) is 5.69 Å². The number of hydrogen-bond acceptors (Lipinski definition) is 6. The Morgan fingerprint density at radius 2 is 1.68 bits per heavy atom. The van der Waals surface area contributed by atoms with Crippen LogP contribution < -0.4 is 24.3 Å². The molecule has 3 aromatic carbocycles. The molecule has 0 saturated carbocycles. The molecule has 2 aliphatic heterocycles. The van der Waals surface area contributed by atoms with Gasteiger partial charge in [-0.05, 0) is 48.0 Å². The second kappa shape index (κ2) is 9.63. The Balaban J connectivity index is 1.24. The molecule has 1 aromatic heterocycles. The maximum Gasteiger partial charge on any atom is 0.269 e. The molecule has 0 saturated heterocycles. The largest absolute Gasteiger partial charge is 0.493 e. The summed E-state index contributed by atoms with van der Waals surface area (Å²) < 4.78 is 24.4. The molecule has 2 aliphatic rings. The first-order valence-corrected chi connectivity index (χ1v) is 12.3. The molecule has 0 spiro atoms. The highest BCUT2D eigenvalue weighted by molar-refractivity contribution is 6.01. The number of nitrogens with one attached hydrogen (secondary N) is 1. The lowest BCUT2D eigenvalue weighted by molar-refractivity contribution is -0.125. The van der Waals surface area contributed by atoms with Crippen LogP contribution in [-0.2, 0) is 4.79 Å². The minimum Gasteiger partial charge on any atom is -0.493 e. The predicted octanol–water partition coefficient (Wildman–Crippen LogP) is 4.99. The highest BCUT2D eigenvalue weighted by Crippen LogP contribution is 2.40. The monoisotopic (exact) mass is 510 g/mol. The molecule has 1 amide bonds. The van der Waals surface area contributed by atoms with Gasteiger partial charge >= 0.3 is 0 Å². The van der Waals surface area contributed by atoms with Gasteiger partial charge in [-0.3, -0.25) is 9.59 Å². The first-order chi connectivity index (χ1) is 18.6. The van der Waals surface area contributed by atoms with Crippen molar-refractivity contribution in [2.45, 2.75) is 18.4 Å². The standard InChI is InChI=1S/C30H26N2O6/c1-35-27-15-21-23(16-28(27)36-2)32-13-5-6-22(32)20(14-24(21)33)18-9-11-19(12-10-18)31-30(34)29-17-37-25-7-3-4-8-26(25)38-29/h3-13,15-16,20,29H,14,17H2,1-2H3,(H,31,34)/t20-,29+/m0/s1. The molecule has 8 heteroatoms. The van der Waals surface area contributed by atoms with Crippen LogP contribution in [0.3, 0.4) is 0 Å². The van der Waals surface area contributed by atoms with E-state index in [2.05, 4.69) is 5.32 Å². The number of methoxy groups -OCH3 is 2. The van der Waals surface area contributed by atoms with Gasteiger partial charge in [0.15, 0.2) is 28.8 Å². The van der Waals surface area contributed by atoms with Crippen LogP contribution in [0, 0.1) is 0 Å². The summed E-state index contributed by atoms with van der Waals surface area (Å²) >= 11 is 0. The number of carbonyl (C=O) groups excluding carboxylic acids is 2. The van der Waals surface area contributed by atoms with Crippen molar-refractivity contribution in [3.8, 4) is 28.7 Å². The number of ketones is 1. The molecular weight excluding hydrogens is 484 g/mol. The quantitative estimate of drug-likeness (QED) is 0.407. The van der Waals surface area contributed by atoms with Crippen molar-refractivity contribution in [2.75, 3.05) is 26.1 Å². The lowest BCUT2D eigenvalue weighted by Gasteiger charge is -2.25. The molecule has 6 rings (SSSR count). The Hall–Kier alpha value is -4.72. The van der Waals surface area contributed by atoms with Crippen LogP contribution in [0.1, 0.15) is 34.0 Å². The van der Waals surface area contributed by atoms with E-state index in [0.717, 1.165) is 16.9 Å². The zero-order valence-corrected chi connectivity index (χ0v) is 21.0. The summed E-state index contributed by atoms with van der Waals surface area (Å²) in [5.41, 5.74) is 3.94. The van der Waals surface area contributed by atoms with Gasteiger partial charge in [0.25, 0.3) is 5.91 Å². The van der Waals surface area contributed by atoms with E-state index in [9.17, 15) is 9.59 Å². The van der Waals surface area contributed by atoms with Crippen LogP contribution in [0.15, 0.2) is 79.0 Å². The third kappa shape index (κ3) is 4.14. The van der Waals surface area contributed by atoms with Gasteiger partial charge in [-0.2, -0.15) is 0 Å². The number of fused-ring (bicyclic) bond motifs is 4. The van der Waals surface area contributed by atoms with Gasteiger partial charge in [-0.25, -0.2) is 0 Å². The van der Waals surface area contributed by atoms with Crippen molar-refractivity contribution in [3.05, 3.63) is 95.8 Å². The fourth-order valence-electron chi connectivity index (χ4n) is 5.05. The van der Waals surface area contributed by atoms with Gasteiger partial charge in [0.2, 0.25) is 6.10 Å². The Morgan fingerprint density at radius 1 is 0.947 bits per heavy atom. The van der Waals surface area contributed by atoms with Crippen molar-refractivity contribution in [3.63, 3.8) is 0 Å². The maximum absolute atomic E-state index is 13.4. The summed E-state index contributed by atoms with van der Waals surface area (Å²) in [6.07, 6.45) is 1.50. The average Bonchev–Trinajstić information content (AvgIpc) is 3.41. The van der Waals surface area contributed by atoms with E-state index in [-0.39, 0.29) is 24.2 Å². The number of para-hydroxylation sites is 2. The van der Waals surface area contributed by atoms with E-state index >= 15 is 0 Å². The smallest absolute Gasteiger partial charge is 0.269 e. The van der Waals surface area contributed by atoms with E-state index in [1.807, 2.05) is 71.4 Å². The number of nitrogens with zero attached hydrogens (tertiary/aromatic N) is 1. The Morgan fingerprint density at radius 3 is 2.45 bits per heavy atom. The fraction of sp³-hybridized carbons (Fsp3) is 0.200. The molecular formula is C30H26N2O6. The molecule has 8 nitrogen and oxygen atoms in total. The van der Waals surface area contributed by atoms with Crippen LogP contribution in [0.5, 0.6) is 23.0 Å². The van der Waals surface area contributed by atoms with Gasteiger partial charge in [0, 0.05) is 41.5 Å². The molecule has 3 heterocycles. The van der Waals surface area contributed by atoms with E-state index in [0.29, 0.717) is 40.7 Å². The second-order valence-electron chi connectivity index (χ2n) is 9.18. The minimum atomic E-state index is -0.750. The first kappa shape index (κ1) is 23.7. The number of anilines is 1. The summed E-state index contributed by atoms with van der Waals surface area (Å²) in [6, 6.07) is 22.4. The van der Waals surface area contributed by atoms with E-state index < -0.39 is 6.10 Å². The molecule has 0 unspecified atom stereocenters. The third-order valence-corrected chi connectivity index (χ3v) is 6.97. The molecule has 1 N–H and O–H groups in total. The van der Waals surface area contributed by atoms with Crippen LogP contribution in [0.25, 0.3) is 5.69 Å². The molecule has 2 atom stereocenters. The molecule has 0 fully saturated rings. The highest BCUT2D eigenvalue weighted by Gasteiger charge is 2.30. The minimum absolute atomic E-state index is 0.0155. The normalized spacial score (nSPS) is 17.6. The van der Waals surface area contributed by atoms with Crippen molar-refractivity contribution in [1.29, 1.82) is 0 Å². The summed E-state index contributed by atoms with van der Waals surface area (Å²) in [7, 11) is 3.14. The van der Waals surface area contributed by atoms with E-state index in [1.165, 1.54) is 0 Å². The van der Waals surface area contributed by atoms with Gasteiger partial charge in [0.1, 0.15) is 6.61 Å². The number of hydrogen-bond donors (Lipinski definition) is 1. The number of amides is 1. The predicted molar refractivity (Wildman–Crippen MR) is 141 cm³/mol. The van der Waals surface area contributed by atoms with Crippen LogP contribution in [0.2, 0.25) is 0 Å². The summed E-state index contributed by atoms with van der Waals surface area (Å²) in [5.74, 6) is 1.81. The van der Waals surface area contributed by atoms with E-state index in [4.69, 9.17) is 18.9 Å². The molecule has 0 aliphatic carbocycles. The van der Waals surface area contributed by atoms with Crippen LogP contribution >= 0.6 is 0 Å². The second-order valence-corrected chi connectivity index (χ2v) is 9.18. The fourth-order valence-corrected chi connectivity index (χ4v) is 5.05. The number of aromatic nitrogens is 1. The molecule has 4 aromatic rings. The lowest BCUT2D eigenvalue weighted by atomic mass is 9.90. The molecule has 0 radical (unpaired) electrons. The highest BCUT2D eigenvalue weighted by atomic mass is 16.6. The third-order valence-electron chi connectivity index (χ3n) is 6.97. The summed E-state index contributed by atoms with van der Waals surface area (Å²) in [5, 5.41) is 2.90. The SMILES string of the molecule is COc1cc2c(cc1OC)-n1cccc1[C@H](c1ccc(NC(=O)[C@H]3COc4ccccc4O3)cc1)CC2=O. The average molecular weight is 511 g/mol. The first-order valence-electron chi connectivity index (χ1n) is 12.3. The molecule has 38 heavy (non-hydrogen) atoms. The lowest BCUT2D eigenvalue weighted by Crippen LogP contribution is -2.40. The zero-order chi connectivity index (χ0) is 26.2. The van der Waals surface area contributed by atoms with Gasteiger partial charge in [-0.1, -0.05) is 24.3 Å². The van der Waals surface area contributed by atoms with Gasteiger partial charge < -0.3 is 28.8 Å². The summed E-state index contributed by atoms with van der Waals surface area (Å²) in [6.45, 7) is 0.137. The number of ether oxygens (including phenoxy) is 4. The summed E-state index contributed by atoms with van der Waals surface area (Å²) in [4.78, 5) is 26.2. The van der Waals surface area contributed by atoms with Crippen molar-refractivity contribution in [2.24, 2.45) is 0 Å². The number of Topliss-reactive ketones (excluding diaryl/α,β-unsaturated/α-hetero) is 1. The Labute approximate surface area is 219 Å². The Bertz CT molecular complexity index is 1520. The van der Waals surface area contributed by atoms with Gasteiger partial charge in [-0.15, -0.1) is 0 Å². The van der Waals surface area contributed by atoms with Crippen molar-refractivity contribution in [1.82, 2.24) is 4.57 Å². The molecule has 0 bridgehead atoms. The van der Waals surface area contributed by atoms with Crippen LogP contribution in [-0.4, -0.2) is 43.2 Å². The van der Waals surface area contributed by atoms with Crippen molar-refractivity contribution >= 4 is 17.4 Å². The van der Waals surface area contributed by atoms with Gasteiger partial charge in [0.05, 0.1) is 19.9 Å². The maximum atomic E-state index is 13.4. The number of carbonyl (C=O) groups is 2. The zero-order valence-electron chi connectivity index (χ0n) is 21.0. The topological polar surface area (TPSA) is 88.0 Å². The number of rotatable bonds is 5. The molecule has 192 valence electrons. The van der Waals surface area contributed by atoms with E-state index in [1.54, 1.807) is 26.4 Å². The van der Waals surface area contributed by atoms with Crippen molar-refractivity contribution < 1.29 is 28.5 Å².